The minimum absolute atomic E-state index is 0.0596. The normalized spacial score (nSPS) is 21.0. The quantitative estimate of drug-likeness (QED) is 0.908. The van der Waals surface area contributed by atoms with Crippen LogP contribution in [0.4, 0.5) is 5.69 Å². The average Bonchev–Trinajstić information content (AvgIpc) is 2.68. The number of amides is 1. The van der Waals surface area contributed by atoms with Crippen LogP contribution in [0.25, 0.3) is 0 Å². The predicted octanol–water partition coefficient (Wildman–Crippen LogP) is 1.46. The Morgan fingerprint density at radius 3 is 2.89 bits per heavy atom. The molecule has 0 spiro atoms. The highest BCUT2D eigenvalue weighted by Gasteiger charge is 2.29. The monoisotopic (exact) mass is 283 g/mol. The highest BCUT2D eigenvalue weighted by molar-refractivity contribution is 7.91. The van der Waals surface area contributed by atoms with Crippen molar-refractivity contribution in [3.8, 4) is 5.75 Å². The molecule has 1 N–H and O–H groups in total. The van der Waals surface area contributed by atoms with Crippen LogP contribution >= 0.6 is 0 Å². The van der Waals surface area contributed by atoms with Gasteiger partial charge < -0.3 is 10.1 Å². The lowest BCUT2D eigenvalue weighted by Gasteiger charge is -2.09. The lowest BCUT2D eigenvalue weighted by molar-refractivity contribution is -0.116. The summed E-state index contributed by atoms with van der Waals surface area (Å²) in [6, 6.07) is 7.07. The van der Waals surface area contributed by atoms with Crippen molar-refractivity contribution in [1.82, 2.24) is 0 Å². The lowest BCUT2D eigenvalue weighted by atomic mass is 10.1. The van der Waals surface area contributed by atoms with Gasteiger partial charge in [0, 0.05) is 18.2 Å². The summed E-state index contributed by atoms with van der Waals surface area (Å²) in [6.45, 7) is 0. The van der Waals surface area contributed by atoms with Crippen LogP contribution in [-0.2, 0) is 14.6 Å². The van der Waals surface area contributed by atoms with Crippen molar-refractivity contribution in [2.24, 2.45) is 5.92 Å². The number of carbonyl (C=O) groups is 1. The molecule has 6 heteroatoms. The molecule has 0 saturated carbocycles. The molecule has 1 saturated heterocycles. The van der Waals surface area contributed by atoms with Crippen LogP contribution in [0.5, 0.6) is 5.75 Å². The molecule has 0 bridgehead atoms. The molecule has 0 radical (unpaired) electrons. The van der Waals surface area contributed by atoms with E-state index < -0.39 is 9.84 Å². The van der Waals surface area contributed by atoms with E-state index in [0.717, 1.165) is 0 Å². The zero-order valence-corrected chi connectivity index (χ0v) is 11.6. The summed E-state index contributed by atoms with van der Waals surface area (Å²) in [4.78, 5) is 11.8. The first-order valence-corrected chi connectivity index (χ1v) is 7.95. The number of carbonyl (C=O) groups excluding carboxylic acids is 1. The number of anilines is 1. The van der Waals surface area contributed by atoms with Crippen molar-refractivity contribution in [2.75, 3.05) is 23.9 Å². The number of methoxy groups -OCH3 is 1. The van der Waals surface area contributed by atoms with E-state index in [2.05, 4.69) is 5.32 Å². The Hall–Kier alpha value is -1.56. The number of ether oxygens (including phenoxy) is 1. The van der Waals surface area contributed by atoms with E-state index in [0.29, 0.717) is 17.9 Å². The van der Waals surface area contributed by atoms with E-state index in [9.17, 15) is 13.2 Å². The van der Waals surface area contributed by atoms with Gasteiger partial charge in [0.1, 0.15) is 5.75 Å². The molecule has 1 aromatic rings. The zero-order valence-electron chi connectivity index (χ0n) is 10.8. The van der Waals surface area contributed by atoms with Gasteiger partial charge in [-0.1, -0.05) is 6.07 Å². The molecule has 1 atom stereocenters. The first kappa shape index (κ1) is 13.9. The summed E-state index contributed by atoms with van der Waals surface area (Å²) >= 11 is 0. The van der Waals surface area contributed by atoms with Gasteiger partial charge in [0.05, 0.1) is 18.6 Å². The molecule has 1 heterocycles. The molecule has 0 aliphatic carbocycles. The molecule has 1 aliphatic heterocycles. The first-order valence-electron chi connectivity index (χ1n) is 6.13. The number of nitrogens with one attached hydrogen (secondary N) is 1. The topological polar surface area (TPSA) is 72.5 Å². The maximum absolute atomic E-state index is 11.8. The van der Waals surface area contributed by atoms with Crippen LogP contribution in [-0.4, -0.2) is 32.9 Å². The number of benzene rings is 1. The second-order valence-corrected chi connectivity index (χ2v) is 6.98. The van der Waals surface area contributed by atoms with E-state index >= 15 is 0 Å². The van der Waals surface area contributed by atoms with Crippen LogP contribution in [0.1, 0.15) is 12.8 Å². The van der Waals surface area contributed by atoms with E-state index in [1.54, 1.807) is 31.4 Å². The van der Waals surface area contributed by atoms with Gasteiger partial charge in [0.2, 0.25) is 5.91 Å². The lowest BCUT2D eigenvalue weighted by Crippen LogP contribution is -2.17. The third-order valence-corrected chi connectivity index (χ3v) is 4.99. The molecule has 1 aromatic carbocycles. The minimum atomic E-state index is -2.92. The molecule has 0 aromatic heterocycles. The Morgan fingerprint density at radius 1 is 1.47 bits per heavy atom. The molecule has 1 amide bonds. The molecule has 1 fully saturated rings. The van der Waals surface area contributed by atoms with Crippen molar-refractivity contribution in [1.29, 1.82) is 0 Å². The summed E-state index contributed by atoms with van der Waals surface area (Å²) in [5.74, 6) is 0.773. The summed E-state index contributed by atoms with van der Waals surface area (Å²) in [7, 11) is -1.36. The zero-order chi connectivity index (χ0) is 13.9. The van der Waals surface area contributed by atoms with Crippen molar-refractivity contribution in [3.05, 3.63) is 24.3 Å². The summed E-state index contributed by atoms with van der Waals surface area (Å²) < 4.78 is 27.7. The SMILES string of the molecule is COc1cccc(NC(=O)CC2CCS(=O)(=O)C2)c1. The maximum atomic E-state index is 11.8. The Kier molecular flexibility index (Phi) is 4.09. The van der Waals surface area contributed by atoms with E-state index in [4.69, 9.17) is 4.74 Å². The van der Waals surface area contributed by atoms with E-state index in [-0.39, 0.29) is 29.8 Å². The Morgan fingerprint density at radius 2 is 2.26 bits per heavy atom. The maximum Gasteiger partial charge on any atom is 0.224 e. The Bertz CT molecular complexity index is 568. The average molecular weight is 283 g/mol. The molecule has 1 aliphatic rings. The van der Waals surface area contributed by atoms with Gasteiger partial charge in [-0.3, -0.25) is 4.79 Å². The number of hydrogen-bond donors (Lipinski definition) is 1. The van der Waals surface area contributed by atoms with Gasteiger partial charge in [0.15, 0.2) is 9.84 Å². The molecule has 104 valence electrons. The van der Waals surface area contributed by atoms with Gasteiger partial charge in [-0.05, 0) is 24.5 Å². The van der Waals surface area contributed by atoms with Crippen molar-refractivity contribution >= 4 is 21.4 Å². The van der Waals surface area contributed by atoms with Crippen LogP contribution in [0.3, 0.4) is 0 Å². The largest absolute Gasteiger partial charge is 0.497 e. The van der Waals surface area contributed by atoms with Crippen molar-refractivity contribution in [2.45, 2.75) is 12.8 Å². The van der Waals surface area contributed by atoms with Gasteiger partial charge in [-0.25, -0.2) is 8.42 Å². The summed E-state index contributed by atoms with van der Waals surface area (Å²) in [5.41, 5.74) is 0.658. The second kappa shape index (κ2) is 5.61. The molecular formula is C13H17NO4S. The fraction of sp³-hybridized carbons (Fsp3) is 0.462. The van der Waals surface area contributed by atoms with Gasteiger partial charge >= 0.3 is 0 Å². The molecule has 2 rings (SSSR count). The highest BCUT2D eigenvalue weighted by atomic mass is 32.2. The molecule has 19 heavy (non-hydrogen) atoms. The summed E-state index contributed by atoms with van der Waals surface area (Å²) in [6.07, 6.45) is 0.824. The molecular weight excluding hydrogens is 266 g/mol. The fourth-order valence-corrected chi connectivity index (χ4v) is 4.07. The number of sulfone groups is 1. The Labute approximate surface area is 112 Å². The number of rotatable bonds is 4. The third kappa shape index (κ3) is 3.96. The Balaban J connectivity index is 1.91. The van der Waals surface area contributed by atoms with Crippen LogP contribution in [0.15, 0.2) is 24.3 Å². The number of hydrogen-bond acceptors (Lipinski definition) is 4. The first-order chi connectivity index (χ1) is 8.98. The van der Waals surface area contributed by atoms with Crippen LogP contribution < -0.4 is 10.1 Å². The van der Waals surface area contributed by atoms with Gasteiger partial charge in [0.25, 0.3) is 0 Å². The van der Waals surface area contributed by atoms with Gasteiger partial charge in [-0.15, -0.1) is 0 Å². The smallest absolute Gasteiger partial charge is 0.224 e. The van der Waals surface area contributed by atoms with E-state index in [1.165, 1.54) is 0 Å². The standard InChI is InChI=1S/C13H17NO4S/c1-18-12-4-2-3-11(8-12)14-13(15)7-10-5-6-19(16,17)9-10/h2-4,8,10H,5-7,9H2,1H3,(H,14,15). The van der Waals surface area contributed by atoms with Gasteiger partial charge in [-0.2, -0.15) is 0 Å². The second-order valence-electron chi connectivity index (χ2n) is 4.75. The van der Waals surface area contributed by atoms with Crippen LogP contribution in [0.2, 0.25) is 0 Å². The van der Waals surface area contributed by atoms with Crippen molar-refractivity contribution < 1.29 is 17.9 Å². The fourth-order valence-electron chi connectivity index (χ4n) is 2.21. The third-order valence-electron chi connectivity index (χ3n) is 3.15. The van der Waals surface area contributed by atoms with Crippen molar-refractivity contribution in [3.63, 3.8) is 0 Å². The molecule has 5 nitrogen and oxygen atoms in total. The molecule has 1 unspecified atom stereocenters. The van der Waals surface area contributed by atoms with Crippen LogP contribution in [0, 0.1) is 5.92 Å². The predicted molar refractivity (Wildman–Crippen MR) is 73.0 cm³/mol. The minimum Gasteiger partial charge on any atom is -0.497 e. The van der Waals surface area contributed by atoms with E-state index in [1.807, 2.05) is 0 Å². The highest BCUT2D eigenvalue weighted by Crippen LogP contribution is 2.23. The summed E-state index contributed by atoms with van der Waals surface area (Å²) in [5, 5.41) is 2.76.